The molecule has 0 saturated heterocycles. The van der Waals surface area contributed by atoms with Gasteiger partial charge in [0.25, 0.3) is 0 Å². The maximum Gasteiger partial charge on any atom is 0.406 e. The molecule has 1 aliphatic carbocycles. The molecule has 1 aliphatic rings. The van der Waals surface area contributed by atoms with Gasteiger partial charge in [-0.15, -0.1) is 0 Å². The minimum atomic E-state index is -0.482. The molecule has 0 aromatic carbocycles. The molecule has 0 bridgehead atoms. The number of hydrogen-bond donors (Lipinski definition) is 2. The molecule has 0 aliphatic heterocycles. The molecule has 2 N–H and O–H groups in total. The summed E-state index contributed by atoms with van der Waals surface area (Å²) in [6, 6.07) is 0. The molecular weight excluding hydrogens is 146 g/mol. The van der Waals surface area contributed by atoms with Crippen molar-refractivity contribution in [3.05, 3.63) is 0 Å². The van der Waals surface area contributed by atoms with Crippen LogP contribution in [0, 0.1) is 5.92 Å². The van der Waals surface area contributed by atoms with Gasteiger partial charge in [-0.05, 0) is 18.8 Å². The van der Waals surface area contributed by atoms with E-state index in [1.807, 2.05) is 0 Å². The minimum Gasteiger partial charge on any atom is -0.453 e. The highest BCUT2D eigenvalue weighted by atomic mass is 16.5. The molecule has 1 atom stereocenters. The van der Waals surface area contributed by atoms with Crippen LogP contribution in [0.3, 0.4) is 0 Å². The quantitative estimate of drug-likeness (QED) is 0.614. The molecule has 4 nitrogen and oxygen atoms in total. The number of alkyl carbamates (subject to hydrolysis) is 1. The van der Waals surface area contributed by atoms with E-state index in [1.54, 1.807) is 0 Å². The van der Waals surface area contributed by atoms with E-state index in [2.05, 4.69) is 10.1 Å². The number of hydrogen-bond acceptors (Lipinski definition) is 3. The Morgan fingerprint density at radius 2 is 2.45 bits per heavy atom. The predicted octanol–water partition coefficient (Wildman–Crippen LogP) is 0.113. The Labute approximate surface area is 65.5 Å². The molecule has 1 amide bonds. The topological polar surface area (TPSA) is 58.6 Å². The maximum absolute atomic E-state index is 10.5. The number of carbonyl (C=O) groups is 1. The van der Waals surface area contributed by atoms with Crippen molar-refractivity contribution in [3.8, 4) is 0 Å². The van der Waals surface area contributed by atoms with E-state index in [4.69, 9.17) is 0 Å². The lowest BCUT2D eigenvalue weighted by Gasteiger charge is -2.08. The van der Waals surface area contributed by atoms with Gasteiger partial charge in [-0.2, -0.15) is 0 Å². The fourth-order valence-corrected chi connectivity index (χ4v) is 0.908. The number of aliphatic hydroxyl groups excluding tert-OH is 1. The Morgan fingerprint density at radius 1 is 1.82 bits per heavy atom. The van der Waals surface area contributed by atoms with Gasteiger partial charge in [-0.1, -0.05) is 0 Å². The standard InChI is InChI=1S/C7H13NO3/c1-11-7(10)8-4-6(9)5-2-3-5/h5-6,9H,2-4H2,1H3,(H,8,10). The molecule has 11 heavy (non-hydrogen) atoms. The normalized spacial score (nSPS) is 19.1. The highest BCUT2D eigenvalue weighted by molar-refractivity contribution is 5.66. The molecule has 4 heteroatoms. The van der Waals surface area contributed by atoms with E-state index in [1.165, 1.54) is 7.11 Å². The number of nitrogens with one attached hydrogen (secondary N) is 1. The van der Waals surface area contributed by atoms with E-state index >= 15 is 0 Å². The molecule has 1 unspecified atom stereocenters. The van der Waals surface area contributed by atoms with Crippen LogP contribution in [0.4, 0.5) is 4.79 Å². The number of carbonyl (C=O) groups excluding carboxylic acids is 1. The summed E-state index contributed by atoms with van der Waals surface area (Å²) < 4.78 is 4.34. The first-order valence-corrected chi connectivity index (χ1v) is 3.74. The zero-order valence-electron chi connectivity index (χ0n) is 6.54. The van der Waals surface area contributed by atoms with Gasteiger partial charge in [0.15, 0.2) is 0 Å². The van der Waals surface area contributed by atoms with Gasteiger partial charge in [-0.25, -0.2) is 4.79 Å². The summed E-state index contributed by atoms with van der Waals surface area (Å²) in [5.74, 6) is 0.396. The van der Waals surface area contributed by atoms with Crippen LogP contribution in [-0.2, 0) is 4.74 Å². The van der Waals surface area contributed by atoms with Crippen molar-refractivity contribution in [2.45, 2.75) is 18.9 Å². The van der Waals surface area contributed by atoms with E-state index in [0.29, 0.717) is 12.5 Å². The Bertz CT molecular complexity index is 145. The average molecular weight is 159 g/mol. The molecule has 0 heterocycles. The van der Waals surface area contributed by atoms with Crippen LogP contribution < -0.4 is 5.32 Å². The Morgan fingerprint density at radius 3 is 2.91 bits per heavy atom. The third-order valence-corrected chi connectivity index (χ3v) is 1.81. The molecule has 1 fully saturated rings. The molecular formula is C7H13NO3. The summed E-state index contributed by atoms with van der Waals surface area (Å²) in [6.07, 6.45) is 1.27. The monoisotopic (exact) mass is 159 g/mol. The van der Waals surface area contributed by atoms with E-state index in [-0.39, 0.29) is 0 Å². The summed E-state index contributed by atoms with van der Waals surface area (Å²) in [4.78, 5) is 10.5. The van der Waals surface area contributed by atoms with Gasteiger partial charge in [0.05, 0.1) is 13.2 Å². The van der Waals surface area contributed by atoms with Crippen molar-refractivity contribution in [3.63, 3.8) is 0 Å². The van der Waals surface area contributed by atoms with Gasteiger partial charge in [0.1, 0.15) is 0 Å². The lowest BCUT2D eigenvalue weighted by molar-refractivity contribution is 0.134. The van der Waals surface area contributed by atoms with Crippen molar-refractivity contribution in [1.82, 2.24) is 5.32 Å². The summed E-state index contributed by atoms with van der Waals surface area (Å²) in [5, 5.41) is 11.7. The summed E-state index contributed by atoms with van der Waals surface area (Å²) in [6.45, 7) is 0.303. The van der Waals surface area contributed by atoms with Gasteiger partial charge in [0, 0.05) is 6.54 Å². The molecule has 1 saturated carbocycles. The molecule has 0 aromatic rings. The Kier molecular flexibility index (Phi) is 2.70. The third-order valence-electron chi connectivity index (χ3n) is 1.81. The van der Waals surface area contributed by atoms with Crippen LogP contribution in [-0.4, -0.2) is 31.0 Å². The zero-order chi connectivity index (χ0) is 8.27. The lowest BCUT2D eigenvalue weighted by atomic mass is 10.2. The second kappa shape index (κ2) is 3.57. The molecule has 1 rings (SSSR count). The number of ether oxygens (including phenoxy) is 1. The van der Waals surface area contributed by atoms with E-state index in [0.717, 1.165) is 12.8 Å². The lowest BCUT2D eigenvalue weighted by Crippen LogP contribution is -2.32. The van der Waals surface area contributed by atoms with Crippen LogP contribution in [0.15, 0.2) is 0 Å². The van der Waals surface area contributed by atoms with Gasteiger partial charge in [0.2, 0.25) is 0 Å². The van der Waals surface area contributed by atoms with Gasteiger partial charge < -0.3 is 15.2 Å². The molecule has 0 spiro atoms. The second-order valence-electron chi connectivity index (χ2n) is 2.78. The average Bonchev–Trinajstić information content (AvgIpc) is 2.81. The Hall–Kier alpha value is -0.770. The van der Waals surface area contributed by atoms with E-state index in [9.17, 15) is 9.90 Å². The fraction of sp³-hybridized carbons (Fsp3) is 0.857. The number of rotatable bonds is 3. The van der Waals surface area contributed by atoms with Crippen LogP contribution >= 0.6 is 0 Å². The van der Waals surface area contributed by atoms with Crippen molar-refractivity contribution < 1.29 is 14.6 Å². The van der Waals surface area contributed by atoms with E-state index < -0.39 is 12.2 Å². The van der Waals surface area contributed by atoms with Crippen LogP contribution in [0.5, 0.6) is 0 Å². The van der Waals surface area contributed by atoms with Gasteiger partial charge >= 0.3 is 6.09 Å². The fourth-order valence-electron chi connectivity index (χ4n) is 0.908. The van der Waals surface area contributed by atoms with Crippen LogP contribution in [0.1, 0.15) is 12.8 Å². The SMILES string of the molecule is COC(=O)NCC(O)C1CC1. The smallest absolute Gasteiger partial charge is 0.406 e. The number of methoxy groups -OCH3 is 1. The minimum absolute atomic E-state index is 0.303. The summed E-state index contributed by atoms with van der Waals surface area (Å²) in [7, 11) is 1.30. The van der Waals surface area contributed by atoms with Crippen molar-refractivity contribution in [2.75, 3.05) is 13.7 Å². The van der Waals surface area contributed by atoms with Crippen molar-refractivity contribution in [2.24, 2.45) is 5.92 Å². The zero-order valence-corrected chi connectivity index (χ0v) is 6.54. The molecule has 0 radical (unpaired) electrons. The molecule has 64 valence electrons. The Balaban J connectivity index is 2.05. The summed E-state index contributed by atoms with van der Waals surface area (Å²) >= 11 is 0. The first-order valence-electron chi connectivity index (χ1n) is 3.74. The first kappa shape index (κ1) is 8.33. The van der Waals surface area contributed by atoms with Crippen molar-refractivity contribution >= 4 is 6.09 Å². The predicted molar refractivity (Wildman–Crippen MR) is 39.1 cm³/mol. The third kappa shape index (κ3) is 2.76. The maximum atomic E-state index is 10.5. The van der Waals surface area contributed by atoms with Gasteiger partial charge in [-0.3, -0.25) is 0 Å². The second-order valence-corrected chi connectivity index (χ2v) is 2.78. The van der Waals surface area contributed by atoms with Crippen LogP contribution in [0.2, 0.25) is 0 Å². The number of amides is 1. The molecule has 0 aromatic heterocycles. The highest BCUT2D eigenvalue weighted by Crippen LogP contribution is 2.32. The summed E-state index contributed by atoms with van der Waals surface area (Å²) in [5.41, 5.74) is 0. The highest BCUT2D eigenvalue weighted by Gasteiger charge is 2.29. The van der Waals surface area contributed by atoms with Crippen molar-refractivity contribution in [1.29, 1.82) is 0 Å². The number of aliphatic hydroxyl groups is 1. The largest absolute Gasteiger partial charge is 0.453 e. The first-order chi connectivity index (χ1) is 5.24. The van der Waals surface area contributed by atoms with Crippen LogP contribution in [0.25, 0.3) is 0 Å².